The Morgan fingerprint density at radius 2 is 1.72 bits per heavy atom. The molecule has 0 saturated heterocycles. The summed E-state index contributed by atoms with van der Waals surface area (Å²) in [6, 6.07) is 9.35. The van der Waals surface area contributed by atoms with E-state index in [9.17, 15) is 27.9 Å². The molecule has 0 unspecified atom stereocenters. The van der Waals surface area contributed by atoms with Gasteiger partial charge in [-0.25, -0.2) is 8.42 Å². The Morgan fingerprint density at radius 3 is 2.28 bits per heavy atom. The maximum atomic E-state index is 12.6. The summed E-state index contributed by atoms with van der Waals surface area (Å²) in [5.41, 5.74) is 0.660. The van der Waals surface area contributed by atoms with Crippen molar-refractivity contribution in [3.8, 4) is 5.75 Å². The van der Waals surface area contributed by atoms with Crippen molar-refractivity contribution in [3.05, 3.63) is 48.0 Å². The number of amides is 2. The molecule has 2 rings (SSSR count). The molecule has 0 atom stereocenters. The molecular weight excluding hydrogens is 402 g/mol. The van der Waals surface area contributed by atoms with Gasteiger partial charge < -0.3 is 25.3 Å². The first-order valence-corrected chi connectivity index (χ1v) is 9.67. The third-order valence-electron chi connectivity index (χ3n) is 3.59. The van der Waals surface area contributed by atoms with Crippen molar-refractivity contribution in [2.45, 2.75) is 11.8 Å². The minimum Gasteiger partial charge on any atom is -0.548 e. The number of methoxy groups -OCH3 is 1. The molecule has 0 aliphatic carbocycles. The Kier molecular flexibility index (Phi) is 6.78. The molecule has 0 aromatic heterocycles. The van der Waals surface area contributed by atoms with Gasteiger partial charge in [0.2, 0.25) is 5.91 Å². The standard InChI is InChI=1S/C18H19N3O7S/c1-11(22)20-15-8-7-14(9-16(15)28-2)29(26,27)21-13-5-3-12(4-6-13)18(25)19-10-17(23)24/h3-9,21H,10H2,1-2H3,(H,19,25)(H,20,22)(H,23,24)/p-1. The van der Waals surface area contributed by atoms with Gasteiger partial charge in [0, 0.05) is 24.2 Å². The number of sulfonamides is 1. The normalized spacial score (nSPS) is 10.7. The van der Waals surface area contributed by atoms with Crippen LogP contribution in [0.5, 0.6) is 5.75 Å². The van der Waals surface area contributed by atoms with E-state index >= 15 is 0 Å². The Labute approximate surface area is 166 Å². The van der Waals surface area contributed by atoms with Crippen molar-refractivity contribution >= 4 is 39.2 Å². The Morgan fingerprint density at radius 1 is 1.07 bits per heavy atom. The van der Waals surface area contributed by atoms with E-state index in [-0.39, 0.29) is 27.8 Å². The maximum Gasteiger partial charge on any atom is 0.262 e. The van der Waals surface area contributed by atoms with Crippen LogP contribution in [0.3, 0.4) is 0 Å². The smallest absolute Gasteiger partial charge is 0.262 e. The molecule has 0 fully saturated rings. The number of hydrogen-bond donors (Lipinski definition) is 3. The summed E-state index contributed by atoms with van der Waals surface area (Å²) in [4.78, 5) is 33.2. The summed E-state index contributed by atoms with van der Waals surface area (Å²) in [5.74, 6) is -2.23. The van der Waals surface area contributed by atoms with Crippen molar-refractivity contribution in [2.75, 3.05) is 23.7 Å². The van der Waals surface area contributed by atoms with Gasteiger partial charge in [-0.05, 0) is 36.4 Å². The minimum atomic E-state index is -3.97. The predicted octanol–water partition coefficient (Wildman–Crippen LogP) is -0.0659. The lowest BCUT2D eigenvalue weighted by Gasteiger charge is -2.13. The van der Waals surface area contributed by atoms with E-state index in [0.717, 1.165) is 0 Å². The van der Waals surface area contributed by atoms with Gasteiger partial charge in [-0.2, -0.15) is 0 Å². The molecule has 2 aromatic carbocycles. The molecule has 29 heavy (non-hydrogen) atoms. The van der Waals surface area contributed by atoms with E-state index in [1.54, 1.807) is 0 Å². The van der Waals surface area contributed by atoms with Gasteiger partial charge in [-0.1, -0.05) is 0 Å². The lowest BCUT2D eigenvalue weighted by Crippen LogP contribution is -2.37. The lowest BCUT2D eigenvalue weighted by molar-refractivity contribution is -0.303. The first-order valence-electron chi connectivity index (χ1n) is 8.19. The van der Waals surface area contributed by atoms with Crippen LogP contribution in [0.25, 0.3) is 0 Å². The highest BCUT2D eigenvalue weighted by Gasteiger charge is 2.17. The van der Waals surface area contributed by atoms with Crippen LogP contribution in [0.2, 0.25) is 0 Å². The highest BCUT2D eigenvalue weighted by atomic mass is 32.2. The quantitative estimate of drug-likeness (QED) is 0.540. The topological polar surface area (TPSA) is 154 Å². The number of aliphatic carboxylic acids is 1. The van der Waals surface area contributed by atoms with Crippen LogP contribution in [0.4, 0.5) is 11.4 Å². The molecule has 0 saturated carbocycles. The third kappa shape index (κ3) is 5.94. The number of carbonyl (C=O) groups excluding carboxylic acids is 3. The van der Waals surface area contributed by atoms with Crippen LogP contribution < -0.4 is 25.2 Å². The predicted molar refractivity (Wildman–Crippen MR) is 102 cm³/mol. The summed E-state index contributed by atoms with van der Waals surface area (Å²) < 4.78 is 32.7. The van der Waals surface area contributed by atoms with Crippen molar-refractivity contribution in [1.82, 2.24) is 5.32 Å². The molecule has 3 N–H and O–H groups in total. The highest BCUT2D eigenvalue weighted by Crippen LogP contribution is 2.28. The number of nitrogens with one attached hydrogen (secondary N) is 3. The van der Waals surface area contributed by atoms with Crippen molar-refractivity contribution < 1.29 is 32.6 Å². The second kappa shape index (κ2) is 9.06. The first kappa shape index (κ1) is 21.7. The van der Waals surface area contributed by atoms with E-state index in [4.69, 9.17) is 4.74 Å². The summed E-state index contributed by atoms with van der Waals surface area (Å²) in [5, 5.41) is 15.0. The first-order chi connectivity index (χ1) is 13.6. The number of anilines is 2. The highest BCUT2D eigenvalue weighted by molar-refractivity contribution is 7.92. The molecule has 10 nitrogen and oxygen atoms in total. The van der Waals surface area contributed by atoms with E-state index < -0.39 is 28.4 Å². The van der Waals surface area contributed by atoms with Gasteiger partial charge in [0.1, 0.15) is 5.75 Å². The van der Waals surface area contributed by atoms with E-state index in [1.807, 2.05) is 0 Å². The summed E-state index contributed by atoms with van der Waals surface area (Å²) in [6.07, 6.45) is 0. The van der Waals surface area contributed by atoms with Crippen LogP contribution in [0.1, 0.15) is 17.3 Å². The van der Waals surface area contributed by atoms with Crippen molar-refractivity contribution in [1.29, 1.82) is 0 Å². The van der Waals surface area contributed by atoms with Crippen LogP contribution in [0.15, 0.2) is 47.4 Å². The number of benzene rings is 2. The van der Waals surface area contributed by atoms with Gasteiger partial charge in [0.15, 0.2) is 0 Å². The van der Waals surface area contributed by atoms with Gasteiger partial charge in [0.25, 0.3) is 15.9 Å². The molecule has 0 radical (unpaired) electrons. The van der Waals surface area contributed by atoms with Gasteiger partial charge in [-0.15, -0.1) is 0 Å². The van der Waals surface area contributed by atoms with Gasteiger partial charge in [-0.3, -0.25) is 14.3 Å². The Hall–Kier alpha value is -3.60. The molecule has 0 heterocycles. The molecular formula is C18H18N3O7S-. The number of hydrogen-bond acceptors (Lipinski definition) is 7. The Bertz CT molecular complexity index is 1030. The number of carbonyl (C=O) groups is 3. The van der Waals surface area contributed by atoms with E-state index in [2.05, 4.69) is 15.4 Å². The van der Waals surface area contributed by atoms with Crippen LogP contribution in [-0.4, -0.2) is 39.9 Å². The average Bonchev–Trinajstić information content (AvgIpc) is 2.66. The number of ether oxygens (including phenoxy) is 1. The van der Waals surface area contributed by atoms with Crippen LogP contribution in [0, 0.1) is 0 Å². The second-order valence-corrected chi connectivity index (χ2v) is 7.46. The molecule has 154 valence electrons. The second-order valence-electron chi connectivity index (χ2n) is 5.78. The minimum absolute atomic E-state index is 0.0979. The largest absolute Gasteiger partial charge is 0.548 e. The summed E-state index contributed by atoms with van der Waals surface area (Å²) in [7, 11) is -2.63. The fourth-order valence-electron chi connectivity index (χ4n) is 2.29. The molecule has 2 amide bonds. The monoisotopic (exact) mass is 420 g/mol. The SMILES string of the molecule is COc1cc(S(=O)(=O)Nc2ccc(C(=O)NCC(=O)[O-])cc2)ccc1NC(C)=O. The summed E-state index contributed by atoms with van der Waals surface area (Å²) in [6.45, 7) is 0.678. The maximum absolute atomic E-state index is 12.6. The fraction of sp³-hybridized carbons (Fsp3) is 0.167. The number of carboxylic acid groups (broad SMARTS) is 1. The summed E-state index contributed by atoms with van der Waals surface area (Å²) >= 11 is 0. The molecule has 11 heteroatoms. The lowest BCUT2D eigenvalue weighted by atomic mass is 10.2. The van der Waals surface area contributed by atoms with Gasteiger partial charge in [0.05, 0.1) is 30.2 Å². The molecule has 0 aliphatic rings. The van der Waals surface area contributed by atoms with Crippen molar-refractivity contribution in [2.24, 2.45) is 0 Å². The van der Waals surface area contributed by atoms with E-state index in [0.29, 0.717) is 5.69 Å². The third-order valence-corrected chi connectivity index (χ3v) is 4.97. The molecule has 0 aliphatic heterocycles. The Balaban J connectivity index is 2.17. The molecule has 2 aromatic rings. The fourth-order valence-corrected chi connectivity index (χ4v) is 3.36. The number of carboxylic acids is 1. The van der Waals surface area contributed by atoms with Crippen LogP contribution >= 0.6 is 0 Å². The number of rotatable bonds is 8. The van der Waals surface area contributed by atoms with Gasteiger partial charge >= 0.3 is 0 Å². The van der Waals surface area contributed by atoms with Crippen LogP contribution in [-0.2, 0) is 19.6 Å². The zero-order valence-corrected chi connectivity index (χ0v) is 16.3. The van der Waals surface area contributed by atoms with Crippen molar-refractivity contribution in [3.63, 3.8) is 0 Å². The van der Waals surface area contributed by atoms with E-state index in [1.165, 1.54) is 56.5 Å². The zero-order valence-electron chi connectivity index (χ0n) is 15.5. The zero-order chi connectivity index (χ0) is 21.6. The molecule has 0 bridgehead atoms. The molecule has 0 spiro atoms. The average molecular weight is 420 g/mol.